The lowest BCUT2D eigenvalue weighted by Gasteiger charge is -2.10. The summed E-state index contributed by atoms with van der Waals surface area (Å²) in [5.74, 6) is 0.716. The van der Waals surface area contributed by atoms with Crippen LogP contribution in [0, 0.1) is 0 Å². The molecule has 0 radical (unpaired) electrons. The summed E-state index contributed by atoms with van der Waals surface area (Å²) >= 11 is 0. The van der Waals surface area contributed by atoms with Gasteiger partial charge < -0.3 is 9.88 Å². The highest BCUT2D eigenvalue weighted by atomic mass is 19.4. The number of para-hydroxylation sites is 2. The molecule has 120 valence electrons. The second kappa shape index (κ2) is 5.95. The number of aromatic nitrogens is 2. The van der Waals surface area contributed by atoms with Gasteiger partial charge in [0.25, 0.3) is 0 Å². The van der Waals surface area contributed by atoms with Crippen LogP contribution in [0.25, 0.3) is 11.0 Å². The maximum absolute atomic E-state index is 12.6. The first-order valence-corrected chi connectivity index (χ1v) is 7.34. The van der Waals surface area contributed by atoms with E-state index in [4.69, 9.17) is 0 Å². The number of imidazole rings is 1. The van der Waals surface area contributed by atoms with Gasteiger partial charge in [0, 0.05) is 13.1 Å². The van der Waals surface area contributed by atoms with Crippen LogP contribution < -0.4 is 5.32 Å². The van der Waals surface area contributed by atoms with E-state index in [1.54, 1.807) is 0 Å². The number of alkyl halides is 3. The SMILES string of the molecule is CCn1c(NCc2ccc(C(F)(F)F)cc2)nc2ccccc21. The van der Waals surface area contributed by atoms with Gasteiger partial charge in [-0.2, -0.15) is 13.2 Å². The third-order valence-corrected chi connectivity index (χ3v) is 3.70. The van der Waals surface area contributed by atoms with E-state index < -0.39 is 11.7 Å². The van der Waals surface area contributed by atoms with E-state index in [2.05, 4.69) is 10.3 Å². The third-order valence-electron chi connectivity index (χ3n) is 3.70. The standard InChI is InChI=1S/C17H16F3N3/c1-2-23-15-6-4-3-5-14(15)22-16(23)21-11-12-7-9-13(10-8-12)17(18,19)20/h3-10H,2,11H2,1H3,(H,21,22). The number of fused-ring (bicyclic) bond motifs is 1. The van der Waals surface area contributed by atoms with Crippen LogP contribution in [-0.4, -0.2) is 9.55 Å². The summed E-state index contributed by atoms with van der Waals surface area (Å²) in [6, 6.07) is 13.0. The lowest BCUT2D eigenvalue weighted by atomic mass is 10.1. The zero-order chi connectivity index (χ0) is 16.4. The molecule has 3 nitrogen and oxygen atoms in total. The molecule has 1 N–H and O–H groups in total. The number of hydrogen-bond acceptors (Lipinski definition) is 2. The molecule has 0 atom stereocenters. The Morgan fingerprint density at radius 1 is 1.04 bits per heavy atom. The fourth-order valence-electron chi connectivity index (χ4n) is 2.52. The Morgan fingerprint density at radius 3 is 2.39 bits per heavy atom. The highest BCUT2D eigenvalue weighted by Crippen LogP contribution is 2.29. The van der Waals surface area contributed by atoms with E-state index in [9.17, 15) is 13.2 Å². The fourth-order valence-corrected chi connectivity index (χ4v) is 2.52. The third kappa shape index (κ3) is 3.16. The molecule has 0 bridgehead atoms. The first-order valence-electron chi connectivity index (χ1n) is 7.34. The minimum absolute atomic E-state index is 0.418. The topological polar surface area (TPSA) is 29.9 Å². The zero-order valence-corrected chi connectivity index (χ0v) is 12.6. The summed E-state index contributed by atoms with van der Waals surface area (Å²) < 4.78 is 39.7. The Kier molecular flexibility index (Phi) is 3.98. The quantitative estimate of drug-likeness (QED) is 0.756. The van der Waals surface area contributed by atoms with Crippen LogP contribution in [0.2, 0.25) is 0 Å². The summed E-state index contributed by atoms with van der Waals surface area (Å²) in [5, 5.41) is 3.20. The van der Waals surface area contributed by atoms with Crippen molar-refractivity contribution < 1.29 is 13.2 Å². The van der Waals surface area contributed by atoms with Crippen LogP contribution in [-0.2, 0) is 19.3 Å². The molecule has 0 saturated carbocycles. The number of benzene rings is 2. The Bertz CT molecular complexity index is 804. The van der Waals surface area contributed by atoms with Gasteiger partial charge in [0.15, 0.2) is 0 Å². The molecule has 0 amide bonds. The van der Waals surface area contributed by atoms with Crippen molar-refractivity contribution in [1.29, 1.82) is 0 Å². The molecule has 0 unspecified atom stereocenters. The average molecular weight is 319 g/mol. The molecule has 0 spiro atoms. The lowest BCUT2D eigenvalue weighted by Crippen LogP contribution is -2.08. The molecular weight excluding hydrogens is 303 g/mol. The zero-order valence-electron chi connectivity index (χ0n) is 12.6. The smallest absolute Gasteiger partial charge is 0.352 e. The maximum Gasteiger partial charge on any atom is 0.416 e. The van der Waals surface area contributed by atoms with Crippen molar-refractivity contribution in [1.82, 2.24) is 9.55 Å². The number of aryl methyl sites for hydroxylation is 1. The van der Waals surface area contributed by atoms with E-state index in [0.29, 0.717) is 12.5 Å². The molecule has 0 aliphatic carbocycles. The summed E-state index contributed by atoms with van der Waals surface area (Å²) in [4.78, 5) is 4.53. The second-order valence-corrected chi connectivity index (χ2v) is 5.22. The van der Waals surface area contributed by atoms with Gasteiger partial charge in [-0.1, -0.05) is 24.3 Å². The average Bonchev–Trinajstić information content (AvgIpc) is 2.90. The van der Waals surface area contributed by atoms with Crippen LogP contribution in [0.4, 0.5) is 19.1 Å². The Hall–Kier alpha value is -2.50. The van der Waals surface area contributed by atoms with Crippen molar-refractivity contribution in [2.75, 3.05) is 5.32 Å². The van der Waals surface area contributed by atoms with Gasteiger partial charge in [0.1, 0.15) is 0 Å². The number of rotatable bonds is 4. The van der Waals surface area contributed by atoms with Gasteiger partial charge in [0.05, 0.1) is 16.6 Å². The van der Waals surface area contributed by atoms with Crippen molar-refractivity contribution in [2.24, 2.45) is 0 Å². The molecule has 0 saturated heterocycles. The lowest BCUT2D eigenvalue weighted by molar-refractivity contribution is -0.137. The van der Waals surface area contributed by atoms with Crippen molar-refractivity contribution in [3.05, 3.63) is 59.7 Å². The van der Waals surface area contributed by atoms with Crippen LogP contribution in [0.15, 0.2) is 48.5 Å². The number of nitrogens with one attached hydrogen (secondary N) is 1. The molecule has 1 heterocycles. The monoisotopic (exact) mass is 319 g/mol. The summed E-state index contributed by atoms with van der Waals surface area (Å²) in [6.07, 6.45) is -4.30. The predicted octanol–water partition coefficient (Wildman–Crippen LogP) is 4.69. The highest BCUT2D eigenvalue weighted by Gasteiger charge is 2.29. The first-order chi connectivity index (χ1) is 11.0. The Labute approximate surface area is 131 Å². The number of anilines is 1. The van der Waals surface area contributed by atoms with E-state index in [1.807, 2.05) is 35.8 Å². The first kappa shape index (κ1) is 15.4. The van der Waals surface area contributed by atoms with Gasteiger partial charge in [-0.3, -0.25) is 0 Å². The molecule has 6 heteroatoms. The molecule has 0 aliphatic heterocycles. The van der Waals surface area contributed by atoms with Gasteiger partial charge in [-0.25, -0.2) is 4.98 Å². The van der Waals surface area contributed by atoms with Crippen molar-refractivity contribution in [3.63, 3.8) is 0 Å². The molecular formula is C17H16F3N3. The van der Waals surface area contributed by atoms with E-state index in [0.717, 1.165) is 35.3 Å². The Morgan fingerprint density at radius 2 is 1.74 bits per heavy atom. The van der Waals surface area contributed by atoms with Crippen molar-refractivity contribution in [2.45, 2.75) is 26.2 Å². The van der Waals surface area contributed by atoms with Gasteiger partial charge in [-0.05, 0) is 36.8 Å². The summed E-state index contributed by atoms with van der Waals surface area (Å²) in [6.45, 7) is 3.20. The molecule has 1 aromatic heterocycles. The van der Waals surface area contributed by atoms with Gasteiger partial charge in [0.2, 0.25) is 5.95 Å². The number of hydrogen-bond donors (Lipinski definition) is 1. The van der Waals surface area contributed by atoms with Crippen molar-refractivity contribution in [3.8, 4) is 0 Å². The van der Waals surface area contributed by atoms with E-state index >= 15 is 0 Å². The second-order valence-electron chi connectivity index (χ2n) is 5.22. The van der Waals surface area contributed by atoms with Crippen LogP contribution in [0.3, 0.4) is 0 Å². The van der Waals surface area contributed by atoms with E-state index in [1.165, 1.54) is 12.1 Å². The summed E-state index contributed by atoms with van der Waals surface area (Å²) in [5.41, 5.74) is 2.06. The largest absolute Gasteiger partial charge is 0.416 e. The maximum atomic E-state index is 12.6. The predicted molar refractivity (Wildman–Crippen MR) is 84.2 cm³/mol. The van der Waals surface area contributed by atoms with E-state index in [-0.39, 0.29) is 0 Å². The molecule has 3 aromatic rings. The van der Waals surface area contributed by atoms with Gasteiger partial charge in [-0.15, -0.1) is 0 Å². The molecule has 0 fully saturated rings. The Balaban J connectivity index is 1.78. The van der Waals surface area contributed by atoms with Crippen LogP contribution in [0.5, 0.6) is 0 Å². The molecule has 23 heavy (non-hydrogen) atoms. The minimum Gasteiger partial charge on any atom is -0.352 e. The fraction of sp³-hybridized carbons (Fsp3) is 0.235. The van der Waals surface area contributed by atoms with Crippen molar-refractivity contribution >= 4 is 17.0 Å². The number of nitrogens with zero attached hydrogens (tertiary/aromatic N) is 2. The molecule has 0 aliphatic rings. The number of halogens is 3. The van der Waals surface area contributed by atoms with Crippen LogP contribution in [0.1, 0.15) is 18.1 Å². The molecule has 2 aromatic carbocycles. The normalized spacial score (nSPS) is 11.8. The van der Waals surface area contributed by atoms with Gasteiger partial charge >= 0.3 is 6.18 Å². The minimum atomic E-state index is -4.30. The summed E-state index contributed by atoms with van der Waals surface area (Å²) in [7, 11) is 0. The van der Waals surface area contributed by atoms with Crippen LogP contribution >= 0.6 is 0 Å². The highest BCUT2D eigenvalue weighted by molar-refractivity contribution is 5.78. The molecule has 3 rings (SSSR count).